The zero-order valence-corrected chi connectivity index (χ0v) is 11.1. The first kappa shape index (κ1) is 14.7. The summed E-state index contributed by atoms with van der Waals surface area (Å²) in [5.41, 5.74) is -1.41. The van der Waals surface area contributed by atoms with Crippen LogP contribution in [0.2, 0.25) is 0 Å². The minimum absolute atomic E-state index is 0.0558. The Bertz CT molecular complexity index is 501. The summed E-state index contributed by atoms with van der Waals surface area (Å²) < 4.78 is 9.51. The highest BCUT2D eigenvalue weighted by Gasteiger charge is 2.32. The number of nitro groups is 1. The molecule has 1 aromatic heterocycles. The molecule has 0 aliphatic rings. The quantitative estimate of drug-likeness (QED) is 0.489. The zero-order chi connectivity index (χ0) is 14.6. The van der Waals surface area contributed by atoms with Crippen molar-refractivity contribution in [1.29, 1.82) is 0 Å². The molecule has 8 nitrogen and oxygen atoms in total. The number of nitrogens with zero attached hydrogens (tertiary/aromatic N) is 2. The normalized spacial score (nSPS) is 10.7. The van der Waals surface area contributed by atoms with E-state index < -0.39 is 16.4 Å². The maximum absolute atomic E-state index is 11.6. The van der Waals surface area contributed by atoms with Crippen LogP contribution in [-0.4, -0.2) is 35.6 Å². The summed E-state index contributed by atoms with van der Waals surface area (Å²) in [6, 6.07) is 2.62. The zero-order valence-electron chi connectivity index (χ0n) is 11.1. The minimum atomic E-state index is -1.15. The molecule has 0 aromatic carbocycles. The number of rotatable bonds is 5. The third-order valence-electron chi connectivity index (χ3n) is 2.38. The average molecular weight is 269 g/mol. The van der Waals surface area contributed by atoms with Crippen LogP contribution in [0.25, 0.3) is 0 Å². The van der Waals surface area contributed by atoms with Gasteiger partial charge in [0, 0.05) is 12.1 Å². The first-order valence-corrected chi connectivity index (χ1v) is 5.38. The lowest BCUT2D eigenvalue weighted by Gasteiger charge is -2.23. The van der Waals surface area contributed by atoms with Crippen LogP contribution >= 0.6 is 0 Å². The first-order valence-electron chi connectivity index (χ1n) is 5.38. The molecule has 0 amide bonds. The number of nitrogens with one attached hydrogen (secondary N) is 1. The van der Waals surface area contributed by atoms with E-state index in [-0.39, 0.29) is 17.4 Å². The lowest BCUT2D eigenvalue weighted by atomic mass is 10.1. The van der Waals surface area contributed by atoms with Crippen molar-refractivity contribution in [1.82, 2.24) is 4.98 Å². The van der Waals surface area contributed by atoms with Crippen molar-refractivity contribution < 1.29 is 19.2 Å². The highest BCUT2D eigenvalue weighted by atomic mass is 16.6. The molecule has 0 bridgehead atoms. The van der Waals surface area contributed by atoms with E-state index in [1.54, 1.807) is 0 Å². The van der Waals surface area contributed by atoms with E-state index in [9.17, 15) is 14.9 Å². The van der Waals surface area contributed by atoms with E-state index in [1.165, 1.54) is 40.2 Å². The van der Waals surface area contributed by atoms with Gasteiger partial charge in [-0.15, -0.1) is 0 Å². The van der Waals surface area contributed by atoms with E-state index >= 15 is 0 Å². The van der Waals surface area contributed by atoms with Gasteiger partial charge in [0.15, 0.2) is 0 Å². The van der Waals surface area contributed by atoms with E-state index in [0.717, 1.165) is 0 Å². The highest BCUT2D eigenvalue weighted by Crippen LogP contribution is 2.27. The molecule has 0 saturated carbocycles. The average Bonchev–Trinajstić information content (AvgIpc) is 2.36. The van der Waals surface area contributed by atoms with Crippen molar-refractivity contribution >= 4 is 17.5 Å². The standard InChI is InChI=1S/C11H15N3O5/c1-11(2,10(15)19-4)13-9-7(14(16)17)5-6-8(12-9)18-3/h5-6H,1-4H3,(H,12,13). The fraction of sp³-hybridized carbons (Fsp3) is 0.455. The lowest BCUT2D eigenvalue weighted by Crippen LogP contribution is -2.41. The predicted molar refractivity (Wildman–Crippen MR) is 67.2 cm³/mol. The Labute approximate surface area is 109 Å². The molecule has 0 atom stereocenters. The van der Waals surface area contributed by atoms with E-state index in [0.29, 0.717) is 0 Å². The minimum Gasteiger partial charge on any atom is -0.481 e. The summed E-state index contributed by atoms with van der Waals surface area (Å²) in [6.07, 6.45) is 0. The smallest absolute Gasteiger partial charge is 0.330 e. The second kappa shape index (κ2) is 5.51. The molecular weight excluding hydrogens is 254 g/mol. The number of carbonyl (C=O) groups is 1. The monoisotopic (exact) mass is 269 g/mol. The van der Waals surface area contributed by atoms with Gasteiger partial charge in [-0.2, -0.15) is 4.98 Å². The molecule has 104 valence electrons. The molecule has 0 saturated heterocycles. The lowest BCUT2D eigenvalue weighted by molar-refractivity contribution is -0.384. The van der Waals surface area contributed by atoms with Crippen LogP contribution in [0.15, 0.2) is 12.1 Å². The number of anilines is 1. The SMILES string of the molecule is COC(=O)C(C)(C)Nc1nc(OC)ccc1[N+](=O)[O-]. The molecule has 1 rings (SSSR count). The summed E-state index contributed by atoms with van der Waals surface area (Å²) in [4.78, 5) is 25.8. The largest absolute Gasteiger partial charge is 0.481 e. The van der Waals surface area contributed by atoms with E-state index in [2.05, 4.69) is 15.0 Å². The number of aromatic nitrogens is 1. The second-order valence-corrected chi connectivity index (χ2v) is 4.22. The Hall–Kier alpha value is -2.38. The van der Waals surface area contributed by atoms with Gasteiger partial charge in [0.25, 0.3) is 0 Å². The van der Waals surface area contributed by atoms with E-state index in [1.807, 2.05) is 0 Å². The predicted octanol–water partition coefficient (Wildman–Crippen LogP) is 1.36. The molecule has 1 N–H and O–H groups in total. The fourth-order valence-corrected chi connectivity index (χ4v) is 1.39. The molecule has 1 aromatic rings. The molecule has 0 radical (unpaired) electrons. The van der Waals surface area contributed by atoms with Crippen molar-refractivity contribution in [2.75, 3.05) is 19.5 Å². The second-order valence-electron chi connectivity index (χ2n) is 4.22. The van der Waals surface area contributed by atoms with Gasteiger partial charge in [-0.3, -0.25) is 10.1 Å². The molecule has 0 fully saturated rings. The fourth-order valence-electron chi connectivity index (χ4n) is 1.39. The summed E-state index contributed by atoms with van der Waals surface area (Å²) in [5, 5.41) is 13.6. The van der Waals surface area contributed by atoms with Crippen LogP contribution in [0.5, 0.6) is 5.88 Å². The first-order chi connectivity index (χ1) is 8.81. The van der Waals surface area contributed by atoms with E-state index in [4.69, 9.17) is 4.74 Å². The summed E-state index contributed by atoms with van der Waals surface area (Å²) in [7, 11) is 2.63. The maximum atomic E-state index is 11.6. The topological polar surface area (TPSA) is 104 Å². The Balaban J connectivity index is 3.17. The number of hydrogen-bond donors (Lipinski definition) is 1. The van der Waals surface area contributed by atoms with Crippen LogP contribution in [0.1, 0.15) is 13.8 Å². The van der Waals surface area contributed by atoms with Gasteiger partial charge in [0.05, 0.1) is 19.1 Å². The Morgan fingerprint density at radius 3 is 2.53 bits per heavy atom. The summed E-state index contributed by atoms with van der Waals surface area (Å²) in [5.74, 6) is -0.417. The molecule has 0 aliphatic heterocycles. The van der Waals surface area contributed by atoms with Gasteiger partial charge in [-0.1, -0.05) is 0 Å². The summed E-state index contributed by atoms with van der Waals surface area (Å²) >= 11 is 0. The van der Waals surface area contributed by atoms with Crippen LogP contribution < -0.4 is 10.1 Å². The van der Waals surface area contributed by atoms with Gasteiger partial charge >= 0.3 is 11.7 Å². The highest BCUT2D eigenvalue weighted by molar-refractivity contribution is 5.84. The van der Waals surface area contributed by atoms with Gasteiger partial charge in [-0.05, 0) is 13.8 Å². The van der Waals surface area contributed by atoms with Crippen molar-refractivity contribution in [3.8, 4) is 5.88 Å². The van der Waals surface area contributed by atoms with Gasteiger partial charge < -0.3 is 14.8 Å². The Morgan fingerprint density at radius 1 is 1.42 bits per heavy atom. The molecule has 1 heterocycles. The van der Waals surface area contributed by atoms with Crippen molar-refractivity contribution in [2.45, 2.75) is 19.4 Å². The van der Waals surface area contributed by atoms with Gasteiger partial charge in [0.2, 0.25) is 11.7 Å². The molecule has 19 heavy (non-hydrogen) atoms. The van der Waals surface area contributed by atoms with Gasteiger partial charge in [-0.25, -0.2) is 4.79 Å². The van der Waals surface area contributed by atoms with Crippen LogP contribution in [0.4, 0.5) is 11.5 Å². The Morgan fingerprint density at radius 2 is 2.05 bits per heavy atom. The number of pyridine rings is 1. The van der Waals surface area contributed by atoms with Crippen LogP contribution in [0, 0.1) is 10.1 Å². The summed E-state index contributed by atoms with van der Waals surface area (Å²) in [6.45, 7) is 3.06. The van der Waals surface area contributed by atoms with Crippen molar-refractivity contribution in [3.05, 3.63) is 22.2 Å². The molecule has 0 spiro atoms. The third kappa shape index (κ3) is 3.30. The van der Waals surface area contributed by atoms with Crippen LogP contribution in [-0.2, 0) is 9.53 Å². The molecule has 8 heteroatoms. The van der Waals surface area contributed by atoms with Gasteiger partial charge in [0.1, 0.15) is 5.54 Å². The Kier molecular flexibility index (Phi) is 4.26. The number of methoxy groups -OCH3 is 2. The van der Waals surface area contributed by atoms with Crippen molar-refractivity contribution in [3.63, 3.8) is 0 Å². The number of esters is 1. The maximum Gasteiger partial charge on any atom is 0.330 e. The third-order valence-corrected chi connectivity index (χ3v) is 2.38. The molecule has 0 aliphatic carbocycles. The molecular formula is C11H15N3O5. The molecule has 0 unspecified atom stereocenters. The van der Waals surface area contributed by atoms with Crippen molar-refractivity contribution in [2.24, 2.45) is 0 Å². The number of hydrogen-bond acceptors (Lipinski definition) is 7. The van der Waals surface area contributed by atoms with Crippen LogP contribution in [0.3, 0.4) is 0 Å². The number of carbonyl (C=O) groups excluding carboxylic acids is 1. The number of ether oxygens (including phenoxy) is 2.